The van der Waals surface area contributed by atoms with E-state index in [9.17, 15) is 4.79 Å². The van der Waals surface area contributed by atoms with Gasteiger partial charge in [-0.05, 0) is 43.0 Å². The van der Waals surface area contributed by atoms with Crippen LogP contribution in [0.5, 0.6) is 0 Å². The van der Waals surface area contributed by atoms with Crippen LogP contribution in [0.3, 0.4) is 0 Å². The molecular formula is C15H20ClN3O3. The molecule has 2 atom stereocenters. The molecule has 0 bridgehead atoms. The SMILES string of the molecule is CCC(N)CC(CCNC(=O)c1cnoc1)c1ccc(Cl)o1. The van der Waals surface area contributed by atoms with Crippen LogP contribution in [0.15, 0.2) is 33.5 Å². The Kier molecular flexibility index (Phi) is 6.03. The fraction of sp³-hybridized carbons (Fsp3) is 0.467. The number of nitrogens with one attached hydrogen (secondary N) is 1. The van der Waals surface area contributed by atoms with Crippen LogP contribution in [-0.2, 0) is 0 Å². The molecule has 1 amide bonds. The van der Waals surface area contributed by atoms with E-state index in [0.29, 0.717) is 23.7 Å². The van der Waals surface area contributed by atoms with Gasteiger partial charge in [0, 0.05) is 18.5 Å². The second-order valence-electron chi connectivity index (χ2n) is 5.20. The van der Waals surface area contributed by atoms with Crippen molar-refractivity contribution in [2.24, 2.45) is 5.73 Å². The van der Waals surface area contributed by atoms with Crippen LogP contribution in [0.1, 0.15) is 48.2 Å². The maximum Gasteiger partial charge on any atom is 0.256 e. The van der Waals surface area contributed by atoms with Gasteiger partial charge in [0.05, 0.1) is 11.8 Å². The normalized spacial score (nSPS) is 13.8. The van der Waals surface area contributed by atoms with E-state index < -0.39 is 0 Å². The minimum absolute atomic E-state index is 0.0858. The maximum absolute atomic E-state index is 11.8. The lowest BCUT2D eigenvalue weighted by molar-refractivity contribution is 0.0951. The number of nitrogens with two attached hydrogens (primary N) is 1. The number of amides is 1. The van der Waals surface area contributed by atoms with Crippen molar-refractivity contribution < 1.29 is 13.7 Å². The van der Waals surface area contributed by atoms with Crippen molar-refractivity contribution in [2.45, 2.75) is 38.1 Å². The number of furan rings is 1. The number of aromatic nitrogens is 1. The Bertz CT molecular complexity index is 583. The number of rotatable bonds is 8. The third kappa shape index (κ3) is 4.61. The Morgan fingerprint density at radius 2 is 2.32 bits per heavy atom. The van der Waals surface area contributed by atoms with Gasteiger partial charge in [-0.3, -0.25) is 4.79 Å². The van der Waals surface area contributed by atoms with Gasteiger partial charge in [-0.15, -0.1) is 0 Å². The van der Waals surface area contributed by atoms with Crippen LogP contribution in [0, 0.1) is 0 Å². The third-order valence-electron chi connectivity index (χ3n) is 3.58. The standard InChI is InChI=1S/C15H20ClN3O3/c1-2-12(17)7-10(13-3-4-14(16)22-13)5-6-18-15(20)11-8-19-21-9-11/h3-4,8-10,12H,2,5-7,17H2,1H3,(H,18,20). The molecule has 6 nitrogen and oxygen atoms in total. The van der Waals surface area contributed by atoms with E-state index >= 15 is 0 Å². The van der Waals surface area contributed by atoms with Crippen molar-refractivity contribution in [1.82, 2.24) is 10.5 Å². The maximum atomic E-state index is 11.8. The molecule has 7 heteroatoms. The third-order valence-corrected chi connectivity index (χ3v) is 3.78. The van der Waals surface area contributed by atoms with E-state index in [4.69, 9.17) is 21.8 Å². The highest BCUT2D eigenvalue weighted by molar-refractivity contribution is 6.28. The number of hydrogen-bond donors (Lipinski definition) is 2. The molecule has 0 radical (unpaired) electrons. The van der Waals surface area contributed by atoms with Crippen molar-refractivity contribution in [2.75, 3.05) is 6.54 Å². The van der Waals surface area contributed by atoms with Crippen molar-refractivity contribution in [3.8, 4) is 0 Å². The number of carbonyl (C=O) groups is 1. The lowest BCUT2D eigenvalue weighted by Crippen LogP contribution is -2.27. The summed E-state index contributed by atoms with van der Waals surface area (Å²) in [5, 5.41) is 6.69. The number of carbonyl (C=O) groups excluding carboxylic acids is 1. The lowest BCUT2D eigenvalue weighted by Gasteiger charge is -2.18. The number of hydrogen-bond acceptors (Lipinski definition) is 5. The first kappa shape index (κ1) is 16.6. The Hall–Kier alpha value is -1.79. The van der Waals surface area contributed by atoms with Crippen molar-refractivity contribution in [3.05, 3.63) is 41.1 Å². The second kappa shape index (κ2) is 8.00. The van der Waals surface area contributed by atoms with Gasteiger partial charge in [0.15, 0.2) is 5.22 Å². The Labute approximate surface area is 134 Å². The predicted octanol–water partition coefficient (Wildman–Crippen LogP) is 2.95. The van der Waals surface area contributed by atoms with E-state index in [1.807, 2.05) is 13.0 Å². The van der Waals surface area contributed by atoms with E-state index in [0.717, 1.165) is 18.6 Å². The highest BCUT2D eigenvalue weighted by Gasteiger charge is 2.19. The van der Waals surface area contributed by atoms with Crippen LogP contribution < -0.4 is 11.1 Å². The summed E-state index contributed by atoms with van der Waals surface area (Å²) in [5.41, 5.74) is 6.45. The van der Waals surface area contributed by atoms with Gasteiger partial charge in [-0.1, -0.05) is 12.1 Å². The second-order valence-corrected chi connectivity index (χ2v) is 5.57. The zero-order valence-electron chi connectivity index (χ0n) is 12.4. The van der Waals surface area contributed by atoms with E-state index in [1.54, 1.807) is 6.07 Å². The van der Waals surface area contributed by atoms with Crippen LogP contribution >= 0.6 is 11.6 Å². The quantitative estimate of drug-likeness (QED) is 0.778. The van der Waals surface area contributed by atoms with Gasteiger partial charge in [0.1, 0.15) is 12.0 Å². The summed E-state index contributed by atoms with van der Waals surface area (Å²) in [7, 11) is 0. The van der Waals surface area contributed by atoms with Crippen molar-refractivity contribution >= 4 is 17.5 Å². The minimum Gasteiger partial charge on any atom is -0.449 e. The van der Waals surface area contributed by atoms with Gasteiger partial charge < -0.3 is 20.0 Å². The first-order chi connectivity index (χ1) is 10.6. The molecule has 3 N–H and O–H groups in total. The van der Waals surface area contributed by atoms with Gasteiger partial charge in [0.25, 0.3) is 5.91 Å². The van der Waals surface area contributed by atoms with Crippen molar-refractivity contribution in [3.63, 3.8) is 0 Å². The molecule has 0 spiro atoms. The summed E-state index contributed by atoms with van der Waals surface area (Å²) in [4.78, 5) is 11.8. The highest BCUT2D eigenvalue weighted by Crippen LogP contribution is 2.28. The summed E-state index contributed by atoms with van der Waals surface area (Å²) < 4.78 is 10.1. The van der Waals surface area contributed by atoms with E-state index in [2.05, 4.69) is 15.0 Å². The monoisotopic (exact) mass is 325 g/mol. The fourth-order valence-corrected chi connectivity index (χ4v) is 2.39. The molecule has 2 unspecified atom stereocenters. The van der Waals surface area contributed by atoms with Crippen LogP contribution in [0.2, 0.25) is 5.22 Å². The highest BCUT2D eigenvalue weighted by atomic mass is 35.5. The molecular weight excluding hydrogens is 306 g/mol. The van der Waals surface area contributed by atoms with E-state index in [1.165, 1.54) is 12.5 Å². The van der Waals surface area contributed by atoms with Crippen LogP contribution in [0.25, 0.3) is 0 Å². The smallest absolute Gasteiger partial charge is 0.256 e. The predicted molar refractivity (Wildman–Crippen MR) is 82.8 cm³/mol. The van der Waals surface area contributed by atoms with Crippen LogP contribution in [0.4, 0.5) is 0 Å². The molecule has 0 aromatic carbocycles. The lowest BCUT2D eigenvalue weighted by atomic mass is 9.93. The molecule has 2 aromatic heterocycles. The summed E-state index contributed by atoms with van der Waals surface area (Å²) in [5.74, 6) is 0.704. The minimum atomic E-state index is -0.211. The molecule has 0 saturated heterocycles. The topological polar surface area (TPSA) is 94.3 Å². The summed E-state index contributed by atoms with van der Waals surface area (Å²) in [6.07, 6.45) is 5.08. The Morgan fingerprint density at radius 3 is 2.91 bits per heavy atom. The summed E-state index contributed by atoms with van der Waals surface area (Å²) in [6.45, 7) is 2.55. The molecule has 2 rings (SSSR count). The first-order valence-electron chi connectivity index (χ1n) is 7.28. The number of halogens is 1. The van der Waals surface area contributed by atoms with Gasteiger partial charge in [-0.2, -0.15) is 0 Å². The first-order valence-corrected chi connectivity index (χ1v) is 7.66. The summed E-state index contributed by atoms with van der Waals surface area (Å²) in [6, 6.07) is 3.66. The van der Waals surface area contributed by atoms with Crippen molar-refractivity contribution in [1.29, 1.82) is 0 Å². The molecule has 0 saturated carbocycles. The largest absolute Gasteiger partial charge is 0.449 e. The molecule has 120 valence electrons. The average molecular weight is 326 g/mol. The molecule has 2 aromatic rings. The fourth-order valence-electron chi connectivity index (χ4n) is 2.24. The molecule has 0 fully saturated rings. The summed E-state index contributed by atoms with van der Waals surface area (Å²) >= 11 is 5.84. The average Bonchev–Trinajstić information content (AvgIpc) is 3.17. The zero-order chi connectivity index (χ0) is 15.9. The Morgan fingerprint density at radius 1 is 1.50 bits per heavy atom. The molecule has 0 aliphatic carbocycles. The Balaban J connectivity index is 1.90. The van der Waals surface area contributed by atoms with Gasteiger partial charge >= 0.3 is 0 Å². The van der Waals surface area contributed by atoms with Crippen LogP contribution in [-0.4, -0.2) is 23.7 Å². The zero-order valence-corrected chi connectivity index (χ0v) is 13.2. The molecule has 22 heavy (non-hydrogen) atoms. The van der Waals surface area contributed by atoms with E-state index in [-0.39, 0.29) is 17.9 Å². The molecule has 0 aliphatic heterocycles. The number of nitrogens with zero attached hydrogens (tertiary/aromatic N) is 1. The molecule has 2 heterocycles. The molecule has 0 aliphatic rings. The van der Waals surface area contributed by atoms with Gasteiger partial charge in [-0.25, -0.2) is 0 Å². The van der Waals surface area contributed by atoms with Gasteiger partial charge in [0.2, 0.25) is 0 Å².